The van der Waals surface area contributed by atoms with Crippen LogP contribution in [0, 0.1) is 5.92 Å². The topological polar surface area (TPSA) is 63.2 Å². The van der Waals surface area contributed by atoms with Crippen LogP contribution in [0.15, 0.2) is 23.1 Å². The highest BCUT2D eigenvalue weighted by atomic mass is 35.7. The summed E-state index contributed by atoms with van der Waals surface area (Å²) in [6, 6.07) is 3.98. The van der Waals surface area contributed by atoms with Crippen molar-refractivity contribution in [3.63, 3.8) is 0 Å². The summed E-state index contributed by atoms with van der Waals surface area (Å²) in [5.74, 6) is 0.00557. The molecule has 0 aromatic heterocycles. The molecule has 0 fully saturated rings. The van der Waals surface area contributed by atoms with Crippen molar-refractivity contribution in [1.29, 1.82) is 0 Å². The monoisotopic (exact) mass is 323 g/mol. The van der Waals surface area contributed by atoms with Crippen molar-refractivity contribution < 1.29 is 13.2 Å². The number of nitrogens with one attached hydrogen (secondary N) is 1. The fraction of sp³-hybridized carbons (Fsp3) is 0.417. The summed E-state index contributed by atoms with van der Waals surface area (Å²) >= 11 is 5.74. The predicted octanol–water partition coefficient (Wildman–Crippen LogP) is 3.04. The van der Waals surface area contributed by atoms with Gasteiger partial charge in [0.25, 0.3) is 15.0 Å². The van der Waals surface area contributed by atoms with Gasteiger partial charge < -0.3 is 5.32 Å². The van der Waals surface area contributed by atoms with Gasteiger partial charge in [-0.2, -0.15) is 0 Å². The minimum absolute atomic E-state index is 0.00604. The number of carbonyl (C=O) groups excluding carboxylic acids is 1. The lowest BCUT2D eigenvalue weighted by molar-refractivity contribution is 0.0947. The molecule has 19 heavy (non-hydrogen) atoms. The molecular formula is C12H15Cl2NO3S. The van der Waals surface area contributed by atoms with Crippen molar-refractivity contribution >= 4 is 37.2 Å². The average Bonchev–Trinajstić information content (AvgIpc) is 2.34. The number of benzene rings is 1. The summed E-state index contributed by atoms with van der Waals surface area (Å²) in [4.78, 5) is 11.6. The van der Waals surface area contributed by atoms with Gasteiger partial charge in [-0.05, 0) is 24.1 Å². The van der Waals surface area contributed by atoms with Crippen molar-refractivity contribution in [2.45, 2.75) is 25.2 Å². The number of halogens is 2. The van der Waals surface area contributed by atoms with Gasteiger partial charge in [-0.15, -0.1) is 0 Å². The zero-order chi connectivity index (χ0) is 14.6. The van der Waals surface area contributed by atoms with Gasteiger partial charge in [-0.1, -0.05) is 31.9 Å². The molecule has 1 rings (SSSR count). The number of hydrogen-bond acceptors (Lipinski definition) is 3. The molecule has 1 N–H and O–H groups in total. The van der Waals surface area contributed by atoms with E-state index in [0.717, 1.165) is 6.42 Å². The number of amides is 1. The summed E-state index contributed by atoms with van der Waals surface area (Å²) in [7, 11) is 1.28. The molecule has 1 aromatic carbocycles. The fourth-order valence-electron chi connectivity index (χ4n) is 1.34. The lowest BCUT2D eigenvalue weighted by atomic mass is 10.1. The second kappa shape index (κ2) is 6.59. The molecule has 0 saturated heterocycles. The van der Waals surface area contributed by atoms with E-state index in [-0.39, 0.29) is 21.4 Å². The Balaban J connectivity index is 2.94. The van der Waals surface area contributed by atoms with Gasteiger partial charge in [0.15, 0.2) is 0 Å². The minimum Gasteiger partial charge on any atom is -0.352 e. The van der Waals surface area contributed by atoms with Crippen LogP contribution in [0.4, 0.5) is 0 Å². The first-order valence-corrected chi connectivity index (χ1v) is 8.46. The second-order valence-corrected chi connectivity index (χ2v) is 7.25. The molecule has 0 radical (unpaired) electrons. The van der Waals surface area contributed by atoms with Crippen molar-refractivity contribution in [3.8, 4) is 0 Å². The lowest BCUT2D eigenvalue weighted by Crippen LogP contribution is -2.28. The fourth-order valence-corrected chi connectivity index (χ4v) is 2.84. The SMILES string of the molecule is CCC(C)CNC(=O)c1ccc(Cl)c(S(=O)(=O)Cl)c1. The Kier molecular flexibility index (Phi) is 5.64. The molecular weight excluding hydrogens is 309 g/mol. The average molecular weight is 324 g/mol. The Morgan fingerprint density at radius 1 is 1.42 bits per heavy atom. The van der Waals surface area contributed by atoms with Crippen LogP contribution in [-0.4, -0.2) is 20.9 Å². The largest absolute Gasteiger partial charge is 0.352 e. The van der Waals surface area contributed by atoms with Crippen molar-refractivity contribution in [1.82, 2.24) is 5.32 Å². The van der Waals surface area contributed by atoms with Crippen LogP contribution in [0.2, 0.25) is 5.02 Å². The molecule has 7 heteroatoms. The predicted molar refractivity (Wildman–Crippen MR) is 76.3 cm³/mol. The summed E-state index contributed by atoms with van der Waals surface area (Å²) < 4.78 is 22.6. The summed E-state index contributed by atoms with van der Waals surface area (Å²) in [5.41, 5.74) is 0.215. The van der Waals surface area contributed by atoms with Gasteiger partial charge in [0.05, 0.1) is 5.02 Å². The van der Waals surface area contributed by atoms with Crippen molar-refractivity contribution in [2.24, 2.45) is 5.92 Å². The number of carbonyl (C=O) groups is 1. The molecule has 106 valence electrons. The quantitative estimate of drug-likeness (QED) is 0.847. The van der Waals surface area contributed by atoms with E-state index in [1.54, 1.807) is 0 Å². The smallest absolute Gasteiger partial charge is 0.262 e. The molecule has 0 saturated carbocycles. The zero-order valence-corrected chi connectivity index (χ0v) is 12.9. The van der Waals surface area contributed by atoms with Gasteiger partial charge in [0.1, 0.15) is 4.90 Å². The van der Waals surface area contributed by atoms with Gasteiger partial charge in [-0.25, -0.2) is 8.42 Å². The van der Waals surface area contributed by atoms with E-state index in [0.29, 0.717) is 12.5 Å². The Morgan fingerprint density at radius 3 is 2.58 bits per heavy atom. The van der Waals surface area contributed by atoms with Gasteiger partial charge in [-0.3, -0.25) is 4.79 Å². The molecule has 1 atom stereocenters. The van der Waals surface area contributed by atoms with Crippen LogP contribution in [0.1, 0.15) is 30.6 Å². The third-order valence-electron chi connectivity index (χ3n) is 2.76. The van der Waals surface area contributed by atoms with Crippen LogP contribution in [0.3, 0.4) is 0 Å². The Hall–Kier alpha value is -0.780. The van der Waals surface area contributed by atoms with Crippen LogP contribution >= 0.6 is 22.3 Å². The first kappa shape index (κ1) is 16.3. The van der Waals surface area contributed by atoms with Crippen LogP contribution in [0.5, 0.6) is 0 Å². The van der Waals surface area contributed by atoms with Crippen molar-refractivity contribution in [3.05, 3.63) is 28.8 Å². The minimum atomic E-state index is -3.97. The molecule has 0 bridgehead atoms. The number of rotatable bonds is 5. The molecule has 0 aliphatic carbocycles. The van der Waals surface area contributed by atoms with E-state index in [1.807, 2.05) is 13.8 Å². The van der Waals surface area contributed by atoms with Gasteiger partial charge in [0.2, 0.25) is 0 Å². The molecule has 0 spiro atoms. The van der Waals surface area contributed by atoms with E-state index in [1.165, 1.54) is 18.2 Å². The highest BCUT2D eigenvalue weighted by molar-refractivity contribution is 8.13. The Bertz CT molecular complexity index is 572. The molecule has 0 aliphatic rings. The normalized spacial score (nSPS) is 13.1. The Labute approximate surface area is 122 Å². The summed E-state index contributed by atoms with van der Waals surface area (Å²) in [5, 5.41) is 2.72. The standard InChI is InChI=1S/C12H15Cl2NO3S/c1-3-8(2)7-15-12(16)9-4-5-10(13)11(6-9)19(14,17)18/h4-6,8H,3,7H2,1-2H3,(H,15,16). The van der Waals surface area contributed by atoms with E-state index < -0.39 is 9.05 Å². The third kappa shape index (κ3) is 4.67. The second-order valence-electron chi connectivity index (χ2n) is 4.31. The maximum atomic E-state index is 11.9. The number of hydrogen-bond donors (Lipinski definition) is 1. The molecule has 0 aliphatic heterocycles. The highest BCUT2D eigenvalue weighted by Gasteiger charge is 2.17. The lowest BCUT2D eigenvalue weighted by Gasteiger charge is -2.10. The van der Waals surface area contributed by atoms with E-state index in [4.69, 9.17) is 22.3 Å². The van der Waals surface area contributed by atoms with Crippen molar-refractivity contribution in [2.75, 3.05) is 6.54 Å². The summed E-state index contributed by atoms with van der Waals surface area (Å²) in [6.07, 6.45) is 0.947. The molecule has 1 amide bonds. The zero-order valence-electron chi connectivity index (χ0n) is 10.6. The van der Waals surface area contributed by atoms with Crippen LogP contribution in [0.25, 0.3) is 0 Å². The maximum absolute atomic E-state index is 11.9. The molecule has 1 unspecified atom stereocenters. The van der Waals surface area contributed by atoms with Crippen LogP contribution in [-0.2, 0) is 9.05 Å². The first-order chi connectivity index (χ1) is 8.75. The summed E-state index contributed by atoms with van der Waals surface area (Å²) in [6.45, 7) is 4.56. The molecule has 4 nitrogen and oxygen atoms in total. The van der Waals surface area contributed by atoms with E-state index in [2.05, 4.69) is 5.32 Å². The Morgan fingerprint density at radius 2 is 2.05 bits per heavy atom. The molecule has 1 aromatic rings. The maximum Gasteiger partial charge on any atom is 0.262 e. The van der Waals surface area contributed by atoms with Crippen LogP contribution < -0.4 is 5.32 Å². The van der Waals surface area contributed by atoms with Gasteiger partial charge in [0, 0.05) is 22.8 Å². The first-order valence-electron chi connectivity index (χ1n) is 5.78. The van der Waals surface area contributed by atoms with E-state index in [9.17, 15) is 13.2 Å². The molecule has 0 heterocycles. The van der Waals surface area contributed by atoms with E-state index >= 15 is 0 Å². The third-order valence-corrected chi connectivity index (χ3v) is 4.57. The van der Waals surface area contributed by atoms with Gasteiger partial charge >= 0.3 is 0 Å². The highest BCUT2D eigenvalue weighted by Crippen LogP contribution is 2.25.